The van der Waals surface area contributed by atoms with E-state index in [0.717, 1.165) is 0 Å². The summed E-state index contributed by atoms with van der Waals surface area (Å²) >= 11 is 0. The highest BCUT2D eigenvalue weighted by Crippen LogP contribution is 1.54. The van der Waals surface area contributed by atoms with Crippen LogP contribution in [0.4, 0.5) is 0 Å². The number of hydrogen-bond acceptors (Lipinski definition) is 1. The summed E-state index contributed by atoms with van der Waals surface area (Å²) in [5.41, 5.74) is 0. The highest BCUT2D eigenvalue weighted by Gasteiger charge is 1.80. The van der Waals surface area contributed by atoms with Gasteiger partial charge in [0.2, 0.25) is 0 Å². The molecule has 0 atom stereocenters. The highest BCUT2D eigenvalue weighted by molar-refractivity contribution is 5.72. The molecule has 0 bridgehead atoms. The molecule has 0 rings (SSSR count). The largest absolute Gasteiger partial charge is 0.463 e. The Kier molecular flexibility index (Phi) is 1.57. The van der Waals surface area contributed by atoms with Crippen molar-refractivity contribution in [3.8, 4) is 0 Å². The fourth-order valence-corrected chi connectivity index (χ4v) is 0. The Bertz CT molecular complexity index is 42.9. The minimum absolute atomic E-state index is 0.449. The molecule has 2 heteroatoms. The number of ketones is 1. The van der Waals surface area contributed by atoms with Crippen LogP contribution in [-0.2, 0) is 4.58 Å². The van der Waals surface area contributed by atoms with Gasteiger partial charge in [0.1, 0.15) is 0 Å². The zero-order valence-corrected chi connectivity index (χ0v) is 3.32. The molecule has 5 heavy (non-hydrogen) atoms. The first-order chi connectivity index (χ1) is 2.27. The zero-order valence-electron chi connectivity index (χ0n) is 3.32. The Labute approximate surface area is 30.7 Å². The molecule has 0 saturated heterocycles. The van der Waals surface area contributed by atoms with E-state index in [0.29, 0.717) is 5.78 Å². The maximum atomic E-state index is 9.09. The van der Waals surface area contributed by atoms with Gasteiger partial charge in [-0.05, 0) is 0 Å². The number of hydrogen-bond donors (Lipinski definition) is 0. The van der Waals surface area contributed by atoms with E-state index >= 15 is 0 Å². The fourth-order valence-electron chi connectivity index (χ4n) is 0. The van der Waals surface area contributed by atoms with Crippen LogP contribution in [0.1, 0.15) is 13.8 Å². The lowest BCUT2D eigenvalue weighted by Crippen LogP contribution is -2.00. The predicted octanol–water partition coefficient (Wildman–Crippen LogP) is -0.594. The Hall–Kier alpha value is -0.530. The van der Waals surface area contributed by atoms with Gasteiger partial charge in [0, 0.05) is 0 Å². The van der Waals surface area contributed by atoms with E-state index in [1.54, 1.807) is 13.8 Å². The molecule has 0 fully saturated rings. The topological polar surface area (TPSA) is 34.4 Å². The van der Waals surface area contributed by atoms with Gasteiger partial charge in [-0.25, -0.2) is 0 Å². The van der Waals surface area contributed by atoms with Crippen LogP contribution in [0.2, 0.25) is 0 Å². The van der Waals surface area contributed by atoms with Gasteiger partial charge in [-0.1, -0.05) is 0 Å². The van der Waals surface area contributed by atoms with E-state index < -0.39 is 0 Å². The van der Waals surface area contributed by atoms with Crippen LogP contribution in [0.3, 0.4) is 0 Å². The van der Waals surface area contributed by atoms with Crippen LogP contribution < -0.4 is 5.26 Å². The average molecular weight is 74.1 g/mol. The second kappa shape index (κ2) is 1.76. The smallest absolute Gasteiger partial charge is 0.323 e. The van der Waals surface area contributed by atoms with Crippen molar-refractivity contribution >= 4 is 5.78 Å². The normalized spacial score (nSPS) is 6.80. The number of carbonyl (C=O) groups excluding carboxylic acids is 1. The molecule has 0 N–H and O–H groups in total. The maximum Gasteiger partial charge on any atom is 0.323 e. The first kappa shape index (κ1) is 4.47. The van der Waals surface area contributed by atoms with E-state index in [-0.39, 0.29) is 0 Å². The molecule has 0 aliphatic rings. The molecule has 2 nitrogen and oxygen atoms in total. The monoisotopic (exact) mass is 74.0 g/mol. The minimum atomic E-state index is 0.449. The van der Waals surface area contributed by atoms with Crippen molar-refractivity contribution in [2.45, 2.75) is 13.8 Å². The summed E-state index contributed by atoms with van der Waals surface area (Å²) in [6.07, 6.45) is 0. The lowest BCUT2D eigenvalue weighted by Gasteiger charge is -1.65. The summed E-state index contributed by atoms with van der Waals surface area (Å²) in [6.45, 7) is 3.21. The molecule has 0 aromatic heterocycles. The van der Waals surface area contributed by atoms with Crippen LogP contribution in [0.25, 0.3) is 0 Å². The van der Waals surface area contributed by atoms with Gasteiger partial charge < -0.3 is 5.26 Å². The maximum absolute atomic E-state index is 9.09. The molecule has 0 spiro atoms. The van der Waals surface area contributed by atoms with Crippen LogP contribution in [0.5, 0.6) is 0 Å². The molecule has 30 valence electrons. The Morgan fingerprint density at radius 3 is 1.80 bits per heavy atom. The Morgan fingerprint density at radius 2 is 1.80 bits per heavy atom. The molecular weight excluding hydrogens is 68.0 g/mol. The third-order valence-corrected chi connectivity index (χ3v) is 0.167. The Morgan fingerprint density at radius 1 is 1.60 bits per heavy atom. The van der Waals surface area contributed by atoms with Gasteiger partial charge in [-0.2, -0.15) is 4.58 Å². The molecule has 0 amide bonds. The quantitative estimate of drug-likeness (QED) is 0.215. The standard InChI is InChI=1S/C3H6O2/c1-3(2)5-4/h1-2H3. The predicted molar refractivity (Wildman–Crippen MR) is 16.4 cm³/mol. The lowest BCUT2D eigenvalue weighted by molar-refractivity contribution is -1.05. The second-order valence-corrected chi connectivity index (χ2v) is 0.992. The summed E-state index contributed by atoms with van der Waals surface area (Å²) in [7, 11) is 0. The van der Waals surface area contributed by atoms with Gasteiger partial charge in [0.05, 0.1) is 13.8 Å². The van der Waals surface area contributed by atoms with E-state index in [1.807, 2.05) is 0 Å². The Balaban J connectivity index is 3.14. The molecule has 0 radical (unpaired) electrons. The van der Waals surface area contributed by atoms with Crippen molar-refractivity contribution < 1.29 is 9.83 Å². The van der Waals surface area contributed by atoms with E-state index in [1.165, 1.54) is 0 Å². The van der Waals surface area contributed by atoms with Crippen molar-refractivity contribution in [3.63, 3.8) is 0 Å². The number of rotatable bonds is 0. The molecule has 0 unspecified atom stereocenters. The van der Waals surface area contributed by atoms with Crippen molar-refractivity contribution in [1.29, 1.82) is 0 Å². The molecule has 0 aromatic rings. The first-order valence-corrected chi connectivity index (χ1v) is 1.37. The van der Waals surface area contributed by atoms with Crippen molar-refractivity contribution in [2.75, 3.05) is 0 Å². The third-order valence-electron chi connectivity index (χ3n) is 0.167. The SMILES string of the molecule is CC(C)=[O+][O-]. The van der Waals surface area contributed by atoms with Crippen LogP contribution in [-0.4, -0.2) is 5.78 Å². The van der Waals surface area contributed by atoms with Crippen LogP contribution in [0, 0.1) is 0 Å². The molecular formula is C3H6O2. The van der Waals surface area contributed by atoms with Crippen molar-refractivity contribution in [2.24, 2.45) is 0 Å². The highest BCUT2D eigenvalue weighted by atomic mass is 17.1. The summed E-state index contributed by atoms with van der Waals surface area (Å²) in [4.78, 5) is 0. The van der Waals surface area contributed by atoms with Crippen molar-refractivity contribution in [3.05, 3.63) is 0 Å². The van der Waals surface area contributed by atoms with E-state index in [2.05, 4.69) is 4.58 Å². The van der Waals surface area contributed by atoms with Crippen LogP contribution in [0.15, 0.2) is 0 Å². The molecule has 0 aromatic carbocycles. The third kappa shape index (κ3) is 3.47. The summed E-state index contributed by atoms with van der Waals surface area (Å²) in [5, 5.41) is 9.09. The van der Waals surface area contributed by atoms with Gasteiger partial charge in [-0.3, -0.25) is 0 Å². The van der Waals surface area contributed by atoms with Gasteiger partial charge >= 0.3 is 5.78 Å². The van der Waals surface area contributed by atoms with E-state index in [4.69, 9.17) is 5.26 Å². The second-order valence-electron chi connectivity index (χ2n) is 0.992. The van der Waals surface area contributed by atoms with Crippen LogP contribution >= 0.6 is 0 Å². The van der Waals surface area contributed by atoms with Gasteiger partial charge in [0.25, 0.3) is 0 Å². The zero-order chi connectivity index (χ0) is 4.28. The fraction of sp³-hybridized carbons (Fsp3) is 0.667. The van der Waals surface area contributed by atoms with Crippen molar-refractivity contribution in [1.82, 2.24) is 0 Å². The van der Waals surface area contributed by atoms with E-state index in [9.17, 15) is 0 Å². The summed E-state index contributed by atoms with van der Waals surface area (Å²) < 4.78 is 3.42. The molecule has 0 aliphatic heterocycles. The lowest BCUT2D eigenvalue weighted by atomic mass is 10.5. The van der Waals surface area contributed by atoms with Gasteiger partial charge in [0.15, 0.2) is 0 Å². The van der Waals surface area contributed by atoms with Gasteiger partial charge in [-0.15, -0.1) is 0 Å². The summed E-state index contributed by atoms with van der Waals surface area (Å²) in [5.74, 6) is 0.449. The first-order valence-electron chi connectivity index (χ1n) is 1.37. The molecule has 0 saturated carbocycles. The average Bonchev–Trinajstić information content (AvgIpc) is 1.38. The molecule has 0 heterocycles. The molecule has 0 aliphatic carbocycles. The minimum Gasteiger partial charge on any atom is -0.463 e. The summed E-state index contributed by atoms with van der Waals surface area (Å²) in [6, 6.07) is 0.